The molecule has 4 aromatic carbocycles. The van der Waals surface area contributed by atoms with Gasteiger partial charge in [-0.25, -0.2) is 4.79 Å². The van der Waals surface area contributed by atoms with Gasteiger partial charge in [0.15, 0.2) is 0 Å². The zero-order valence-corrected chi connectivity index (χ0v) is 25.3. The average Bonchev–Trinajstić information content (AvgIpc) is 3.03. The Bertz CT molecular complexity index is 1500. The SMILES string of the molecule is CCCCC#Cc1c(CCCC)cc(CP(=O)(c2ccccc2)c2ccccc2)cc1-c1ccc(C(=O)OC)cc1. The molecule has 3 nitrogen and oxygen atoms in total. The Hall–Kier alpha value is -3.86. The van der Waals surface area contributed by atoms with Crippen LogP contribution in [-0.2, 0) is 21.9 Å². The van der Waals surface area contributed by atoms with Crippen molar-refractivity contribution < 1.29 is 14.1 Å². The summed E-state index contributed by atoms with van der Waals surface area (Å²) in [6.07, 6.45) is 6.45. The summed E-state index contributed by atoms with van der Waals surface area (Å²) >= 11 is 0. The van der Waals surface area contributed by atoms with Gasteiger partial charge in [0.2, 0.25) is 0 Å². The quantitative estimate of drug-likeness (QED) is 0.0796. The van der Waals surface area contributed by atoms with Gasteiger partial charge in [0.05, 0.1) is 12.7 Å². The van der Waals surface area contributed by atoms with Gasteiger partial charge in [-0.15, -0.1) is 0 Å². The van der Waals surface area contributed by atoms with E-state index in [9.17, 15) is 9.36 Å². The highest BCUT2D eigenvalue weighted by atomic mass is 31.2. The van der Waals surface area contributed by atoms with Crippen LogP contribution in [0.25, 0.3) is 11.1 Å². The molecule has 0 aliphatic carbocycles. The van der Waals surface area contributed by atoms with Crippen LogP contribution in [-0.4, -0.2) is 13.1 Å². The first-order chi connectivity index (χ1) is 20.0. The summed E-state index contributed by atoms with van der Waals surface area (Å²) in [6, 6.07) is 31.6. The minimum absolute atomic E-state index is 0.361. The molecule has 0 radical (unpaired) electrons. The molecule has 0 spiro atoms. The van der Waals surface area contributed by atoms with E-state index in [0.717, 1.165) is 71.4 Å². The molecule has 0 fully saturated rings. The molecule has 0 saturated heterocycles. The molecule has 4 heteroatoms. The molecule has 210 valence electrons. The monoisotopic (exact) mass is 562 g/mol. The Balaban J connectivity index is 1.90. The highest BCUT2D eigenvalue weighted by molar-refractivity contribution is 7.78. The summed E-state index contributed by atoms with van der Waals surface area (Å²) in [4.78, 5) is 12.1. The number of methoxy groups -OCH3 is 1. The van der Waals surface area contributed by atoms with Gasteiger partial charge >= 0.3 is 5.97 Å². The van der Waals surface area contributed by atoms with Crippen LogP contribution in [0.2, 0.25) is 0 Å². The molecule has 0 heterocycles. The van der Waals surface area contributed by atoms with E-state index in [0.29, 0.717) is 11.7 Å². The zero-order valence-electron chi connectivity index (χ0n) is 24.4. The Morgan fingerprint density at radius 2 is 1.41 bits per heavy atom. The highest BCUT2D eigenvalue weighted by Crippen LogP contribution is 2.47. The van der Waals surface area contributed by atoms with Crippen molar-refractivity contribution in [1.82, 2.24) is 0 Å². The van der Waals surface area contributed by atoms with Gasteiger partial charge in [-0.3, -0.25) is 0 Å². The number of benzene rings is 4. The summed E-state index contributed by atoms with van der Waals surface area (Å²) in [5.41, 5.74) is 5.74. The molecule has 0 aromatic heterocycles. The van der Waals surface area contributed by atoms with E-state index in [1.54, 1.807) is 12.1 Å². The Morgan fingerprint density at radius 1 is 0.805 bits per heavy atom. The van der Waals surface area contributed by atoms with Gasteiger partial charge < -0.3 is 9.30 Å². The predicted molar refractivity (Wildman–Crippen MR) is 172 cm³/mol. The van der Waals surface area contributed by atoms with E-state index in [1.165, 1.54) is 12.7 Å². The second kappa shape index (κ2) is 14.7. The molecule has 0 atom stereocenters. The fraction of sp³-hybridized carbons (Fsp3) is 0.270. The van der Waals surface area contributed by atoms with Crippen molar-refractivity contribution in [1.29, 1.82) is 0 Å². The lowest BCUT2D eigenvalue weighted by molar-refractivity contribution is 0.0600. The number of unbranched alkanes of at least 4 members (excludes halogenated alkanes) is 3. The molecular weight excluding hydrogens is 523 g/mol. The van der Waals surface area contributed by atoms with Crippen LogP contribution in [0.5, 0.6) is 0 Å². The van der Waals surface area contributed by atoms with E-state index < -0.39 is 7.14 Å². The van der Waals surface area contributed by atoms with E-state index in [1.807, 2.05) is 72.8 Å². The topological polar surface area (TPSA) is 43.4 Å². The number of hydrogen-bond acceptors (Lipinski definition) is 3. The summed E-state index contributed by atoms with van der Waals surface area (Å²) in [5.74, 6) is 6.56. The summed E-state index contributed by atoms with van der Waals surface area (Å²) in [7, 11) is -1.58. The summed E-state index contributed by atoms with van der Waals surface area (Å²) < 4.78 is 19.9. The van der Waals surface area contributed by atoms with Crippen molar-refractivity contribution in [3.8, 4) is 23.0 Å². The maximum Gasteiger partial charge on any atom is 0.337 e. The van der Waals surface area contributed by atoms with Gasteiger partial charge in [0, 0.05) is 28.8 Å². The number of carbonyl (C=O) groups is 1. The number of carbonyl (C=O) groups excluding carboxylic acids is 1. The van der Waals surface area contributed by atoms with Gasteiger partial charge in [-0.05, 0) is 59.7 Å². The zero-order chi connectivity index (χ0) is 29.1. The Kier molecular flexibility index (Phi) is 10.8. The van der Waals surface area contributed by atoms with Crippen LogP contribution in [0.4, 0.5) is 0 Å². The Labute approximate surface area is 245 Å². The first-order valence-electron chi connectivity index (χ1n) is 14.5. The van der Waals surface area contributed by atoms with Gasteiger partial charge in [0.1, 0.15) is 7.14 Å². The first-order valence-corrected chi connectivity index (χ1v) is 16.4. The molecule has 0 unspecified atom stereocenters. The molecular formula is C37H39O3P. The lowest BCUT2D eigenvalue weighted by atomic mass is 9.90. The summed E-state index contributed by atoms with van der Waals surface area (Å²) in [6.45, 7) is 4.37. The van der Waals surface area contributed by atoms with Crippen LogP contribution < -0.4 is 10.6 Å². The standard InChI is InChI=1S/C37H39O3P/c1-4-6-8-15-21-35-32(16-7-5-2)26-29(27-36(35)30-22-24-31(25-23-30)37(38)40-3)28-41(39,33-17-11-9-12-18-33)34-19-13-10-14-20-34/h9-14,17-20,22-27H,4-8,16,28H2,1-3H3. The second-order valence-corrected chi connectivity index (χ2v) is 13.2. The van der Waals surface area contributed by atoms with Gasteiger partial charge in [0.25, 0.3) is 0 Å². The molecule has 0 N–H and O–H groups in total. The van der Waals surface area contributed by atoms with Crippen LogP contribution in [0.3, 0.4) is 0 Å². The normalized spacial score (nSPS) is 11.0. The molecule has 4 rings (SSSR count). The fourth-order valence-electron chi connectivity index (χ4n) is 5.05. The highest BCUT2D eigenvalue weighted by Gasteiger charge is 2.28. The number of aryl methyl sites for hydroxylation is 1. The van der Waals surface area contributed by atoms with Crippen LogP contribution in [0.15, 0.2) is 97.1 Å². The third-order valence-electron chi connectivity index (χ3n) is 7.32. The van der Waals surface area contributed by atoms with Gasteiger partial charge in [-0.1, -0.05) is 117 Å². The largest absolute Gasteiger partial charge is 0.465 e. The van der Waals surface area contributed by atoms with Crippen molar-refractivity contribution >= 4 is 23.7 Å². The maximum atomic E-state index is 15.0. The number of ether oxygens (including phenoxy) is 1. The molecule has 41 heavy (non-hydrogen) atoms. The van der Waals surface area contributed by atoms with Crippen LogP contribution in [0, 0.1) is 11.8 Å². The van der Waals surface area contributed by atoms with E-state index >= 15 is 0 Å². The molecule has 4 aromatic rings. The van der Waals surface area contributed by atoms with E-state index in [-0.39, 0.29) is 5.97 Å². The van der Waals surface area contributed by atoms with Crippen molar-refractivity contribution in [3.05, 3.63) is 119 Å². The van der Waals surface area contributed by atoms with Crippen LogP contribution in [0.1, 0.15) is 73.0 Å². The predicted octanol–water partition coefficient (Wildman–Crippen LogP) is 8.54. The van der Waals surface area contributed by atoms with E-state index in [4.69, 9.17) is 4.74 Å². The van der Waals surface area contributed by atoms with Crippen molar-refractivity contribution in [2.75, 3.05) is 7.11 Å². The third kappa shape index (κ3) is 7.46. The molecule has 0 bridgehead atoms. The molecule has 0 aliphatic rings. The van der Waals surface area contributed by atoms with Crippen molar-refractivity contribution in [2.45, 2.75) is 58.5 Å². The van der Waals surface area contributed by atoms with Crippen molar-refractivity contribution in [3.63, 3.8) is 0 Å². The lowest BCUT2D eigenvalue weighted by Crippen LogP contribution is -2.17. The molecule has 0 saturated carbocycles. The van der Waals surface area contributed by atoms with E-state index in [2.05, 4.69) is 37.8 Å². The fourth-order valence-corrected chi connectivity index (χ4v) is 7.71. The minimum Gasteiger partial charge on any atom is -0.465 e. The summed E-state index contributed by atoms with van der Waals surface area (Å²) in [5, 5.41) is 1.71. The third-order valence-corrected chi connectivity index (χ3v) is 10.4. The molecule has 0 aliphatic heterocycles. The Morgan fingerprint density at radius 3 is 1.98 bits per heavy atom. The minimum atomic E-state index is -2.97. The number of hydrogen-bond donors (Lipinski definition) is 0. The molecule has 0 amide bonds. The number of rotatable bonds is 11. The van der Waals surface area contributed by atoms with Gasteiger partial charge in [-0.2, -0.15) is 0 Å². The second-order valence-electron chi connectivity index (χ2n) is 10.3. The van der Waals surface area contributed by atoms with Crippen LogP contribution >= 0.6 is 7.14 Å². The average molecular weight is 563 g/mol. The number of esters is 1. The van der Waals surface area contributed by atoms with Crippen molar-refractivity contribution in [2.24, 2.45) is 0 Å². The first kappa shape index (κ1) is 30.1. The lowest BCUT2D eigenvalue weighted by Gasteiger charge is -2.21. The smallest absolute Gasteiger partial charge is 0.337 e. The maximum absolute atomic E-state index is 15.0.